The van der Waals surface area contributed by atoms with E-state index in [2.05, 4.69) is 9.59 Å². The number of piperidine rings is 1. The zero-order valence-electron chi connectivity index (χ0n) is 9.22. The molecule has 1 amide bonds. The third kappa shape index (κ3) is 2.22. The van der Waals surface area contributed by atoms with Crippen molar-refractivity contribution in [2.24, 2.45) is 5.92 Å². The monoisotopic (exact) mass is 241 g/mol. The van der Waals surface area contributed by atoms with Crippen LogP contribution < -0.4 is 0 Å². The van der Waals surface area contributed by atoms with Crippen LogP contribution >= 0.6 is 11.5 Å². The van der Waals surface area contributed by atoms with Gasteiger partial charge in [0.15, 0.2) is 0 Å². The Bertz CT molecular complexity index is 380. The van der Waals surface area contributed by atoms with Crippen LogP contribution in [0.15, 0.2) is 0 Å². The second kappa shape index (κ2) is 4.88. The van der Waals surface area contributed by atoms with Gasteiger partial charge in [0.05, 0.1) is 5.69 Å². The SMILES string of the molecule is Cc1nnsc1C(=O)N1CCC[C@@H](CO)C1. The van der Waals surface area contributed by atoms with Gasteiger partial charge in [-0.3, -0.25) is 4.79 Å². The van der Waals surface area contributed by atoms with E-state index in [1.54, 1.807) is 11.8 Å². The van der Waals surface area contributed by atoms with Gasteiger partial charge >= 0.3 is 0 Å². The highest BCUT2D eigenvalue weighted by Gasteiger charge is 2.26. The van der Waals surface area contributed by atoms with Gasteiger partial charge in [-0.05, 0) is 37.2 Å². The molecule has 1 fully saturated rings. The summed E-state index contributed by atoms with van der Waals surface area (Å²) in [6, 6.07) is 0. The van der Waals surface area contributed by atoms with Gasteiger partial charge < -0.3 is 10.0 Å². The van der Waals surface area contributed by atoms with Crippen LogP contribution in [0.3, 0.4) is 0 Å². The van der Waals surface area contributed by atoms with E-state index in [9.17, 15) is 4.79 Å². The van der Waals surface area contributed by atoms with Gasteiger partial charge in [-0.25, -0.2) is 0 Å². The highest BCUT2D eigenvalue weighted by molar-refractivity contribution is 7.07. The Morgan fingerprint density at radius 3 is 3.12 bits per heavy atom. The molecule has 1 aliphatic heterocycles. The number of carbonyl (C=O) groups excluding carboxylic acids is 1. The Morgan fingerprint density at radius 1 is 1.69 bits per heavy atom. The van der Waals surface area contributed by atoms with Crippen molar-refractivity contribution < 1.29 is 9.90 Å². The highest BCUT2D eigenvalue weighted by atomic mass is 32.1. The van der Waals surface area contributed by atoms with Crippen molar-refractivity contribution in [2.45, 2.75) is 19.8 Å². The summed E-state index contributed by atoms with van der Waals surface area (Å²) in [5.41, 5.74) is 0.695. The van der Waals surface area contributed by atoms with Crippen molar-refractivity contribution >= 4 is 17.4 Å². The molecule has 1 aromatic heterocycles. The molecule has 0 aromatic carbocycles. The maximum Gasteiger partial charge on any atom is 0.267 e. The largest absolute Gasteiger partial charge is 0.396 e. The normalized spacial score (nSPS) is 21.1. The molecule has 0 unspecified atom stereocenters. The van der Waals surface area contributed by atoms with Gasteiger partial charge in [-0.2, -0.15) is 0 Å². The Kier molecular flexibility index (Phi) is 3.50. The minimum atomic E-state index is 0.00523. The number of aliphatic hydroxyl groups is 1. The number of carbonyl (C=O) groups is 1. The summed E-state index contributed by atoms with van der Waals surface area (Å²) >= 11 is 1.15. The summed E-state index contributed by atoms with van der Waals surface area (Å²) in [4.78, 5) is 14.5. The molecule has 88 valence electrons. The number of aryl methyl sites for hydroxylation is 1. The Morgan fingerprint density at radius 2 is 2.50 bits per heavy atom. The van der Waals surface area contributed by atoms with Crippen molar-refractivity contribution in [2.75, 3.05) is 19.7 Å². The van der Waals surface area contributed by atoms with Crippen LogP contribution in [0.5, 0.6) is 0 Å². The first-order valence-corrected chi connectivity index (χ1v) is 6.18. The van der Waals surface area contributed by atoms with Crippen molar-refractivity contribution in [3.8, 4) is 0 Å². The Hall–Kier alpha value is -1.01. The predicted octanol–water partition coefficient (Wildman–Crippen LogP) is 0.691. The number of hydrogen-bond acceptors (Lipinski definition) is 5. The molecule has 6 heteroatoms. The summed E-state index contributed by atoms with van der Waals surface area (Å²) in [6.07, 6.45) is 1.96. The average Bonchev–Trinajstić information content (AvgIpc) is 2.74. The van der Waals surface area contributed by atoms with Gasteiger partial charge in [0.1, 0.15) is 4.88 Å². The van der Waals surface area contributed by atoms with Crippen molar-refractivity contribution in [3.63, 3.8) is 0 Å². The molecule has 2 heterocycles. The van der Waals surface area contributed by atoms with Gasteiger partial charge in [0.2, 0.25) is 0 Å². The molecule has 1 aliphatic rings. The number of amides is 1. The molecule has 1 N–H and O–H groups in total. The van der Waals surface area contributed by atoms with Crippen molar-refractivity contribution in [3.05, 3.63) is 10.6 Å². The fourth-order valence-corrected chi connectivity index (χ4v) is 2.59. The zero-order chi connectivity index (χ0) is 11.5. The standard InChI is InChI=1S/C10H15N3O2S/c1-7-9(16-12-11-7)10(15)13-4-2-3-8(5-13)6-14/h8,14H,2-6H2,1H3/t8-/m1/s1. The number of aromatic nitrogens is 2. The van der Waals surface area contributed by atoms with Crippen LogP contribution in [-0.2, 0) is 0 Å². The third-order valence-electron chi connectivity index (χ3n) is 2.91. The fourth-order valence-electron chi connectivity index (χ4n) is 1.97. The number of rotatable bonds is 2. The van der Waals surface area contributed by atoms with Crippen LogP contribution in [0.1, 0.15) is 28.2 Å². The van der Waals surface area contributed by atoms with Crippen molar-refractivity contribution in [1.29, 1.82) is 0 Å². The Balaban J connectivity index is 2.07. The van der Waals surface area contributed by atoms with E-state index < -0.39 is 0 Å². The van der Waals surface area contributed by atoms with Gasteiger partial charge in [-0.15, -0.1) is 5.10 Å². The van der Waals surface area contributed by atoms with Crippen molar-refractivity contribution in [1.82, 2.24) is 14.5 Å². The lowest BCUT2D eigenvalue weighted by Gasteiger charge is -2.31. The maximum absolute atomic E-state index is 12.1. The fraction of sp³-hybridized carbons (Fsp3) is 0.700. The summed E-state index contributed by atoms with van der Waals surface area (Å²) in [5.74, 6) is 0.226. The lowest BCUT2D eigenvalue weighted by atomic mass is 9.99. The second-order valence-corrected chi connectivity index (χ2v) is 4.88. The molecule has 5 nitrogen and oxygen atoms in total. The number of nitrogens with zero attached hydrogens (tertiary/aromatic N) is 3. The molecule has 0 radical (unpaired) electrons. The predicted molar refractivity (Wildman–Crippen MR) is 60.4 cm³/mol. The first kappa shape index (κ1) is 11.5. The van der Waals surface area contributed by atoms with Gasteiger partial charge in [0, 0.05) is 19.7 Å². The Labute approximate surface area is 98.2 Å². The molecule has 16 heavy (non-hydrogen) atoms. The molecule has 0 spiro atoms. The average molecular weight is 241 g/mol. The maximum atomic E-state index is 12.1. The first-order valence-electron chi connectivity index (χ1n) is 5.41. The highest BCUT2D eigenvalue weighted by Crippen LogP contribution is 2.20. The lowest BCUT2D eigenvalue weighted by molar-refractivity contribution is 0.0624. The summed E-state index contributed by atoms with van der Waals surface area (Å²) in [7, 11) is 0. The summed E-state index contributed by atoms with van der Waals surface area (Å²) < 4.78 is 3.77. The van der Waals surface area contributed by atoms with Crippen LogP contribution in [0.4, 0.5) is 0 Å². The molecule has 1 saturated heterocycles. The third-order valence-corrected chi connectivity index (χ3v) is 3.73. The minimum absolute atomic E-state index is 0.00523. The summed E-state index contributed by atoms with van der Waals surface area (Å²) in [6.45, 7) is 3.37. The lowest BCUT2D eigenvalue weighted by Crippen LogP contribution is -2.40. The molecule has 2 rings (SSSR count). The van der Waals surface area contributed by atoms with Crippen LogP contribution in [0, 0.1) is 12.8 Å². The zero-order valence-corrected chi connectivity index (χ0v) is 10.0. The molecular formula is C10H15N3O2S. The molecule has 0 bridgehead atoms. The minimum Gasteiger partial charge on any atom is -0.396 e. The molecule has 0 aliphatic carbocycles. The van der Waals surface area contributed by atoms with E-state index in [0.717, 1.165) is 30.9 Å². The topological polar surface area (TPSA) is 66.3 Å². The van der Waals surface area contributed by atoms with E-state index in [1.165, 1.54) is 0 Å². The van der Waals surface area contributed by atoms with E-state index in [-0.39, 0.29) is 18.4 Å². The van der Waals surface area contributed by atoms with E-state index >= 15 is 0 Å². The molecule has 0 saturated carbocycles. The molecular weight excluding hydrogens is 226 g/mol. The van der Waals surface area contributed by atoms with Gasteiger partial charge in [-0.1, -0.05) is 4.49 Å². The second-order valence-electron chi connectivity index (χ2n) is 4.13. The van der Waals surface area contributed by atoms with Crippen LogP contribution in [-0.4, -0.2) is 45.2 Å². The van der Waals surface area contributed by atoms with E-state index in [1.807, 2.05) is 0 Å². The first-order chi connectivity index (χ1) is 7.72. The number of hydrogen-bond donors (Lipinski definition) is 1. The van der Waals surface area contributed by atoms with E-state index in [0.29, 0.717) is 17.1 Å². The quantitative estimate of drug-likeness (QED) is 0.827. The number of likely N-dealkylation sites (tertiary alicyclic amines) is 1. The number of aliphatic hydroxyl groups excluding tert-OH is 1. The van der Waals surface area contributed by atoms with Crippen LogP contribution in [0.25, 0.3) is 0 Å². The van der Waals surface area contributed by atoms with Crippen LogP contribution in [0.2, 0.25) is 0 Å². The molecule has 1 atom stereocenters. The van der Waals surface area contributed by atoms with Gasteiger partial charge in [0.25, 0.3) is 5.91 Å². The summed E-state index contributed by atoms with van der Waals surface area (Å²) in [5, 5.41) is 13.0. The van der Waals surface area contributed by atoms with E-state index in [4.69, 9.17) is 5.11 Å². The molecule has 1 aromatic rings. The smallest absolute Gasteiger partial charge is 0.267 e.